The number of halogens is 2. The number of rotatable bonds is 2. The standard InChI is InChI=1S/C19H28F2O/c20-17-4-3-13(8-18(17)21)12-1-2-15-9-19(10-16(19)11-22)6-5-14(15)7-12/h11-18H,1-10H2. The highest BCUT2D eigenvalue weighted by atomic mass is 19.2. The van der Waals surface area contributed by atoms with Crippen LogP contribution in [0.5, 0.6) is 0 Å². The first-order valence-electron chi connectivity index (χ1n) is 9.35. The Bertz CT molecular complexity index is 439. The van der Waals surface area contributed by atoms with Crippen LogP contribution in [0.3, 0.4) is 0 Å². The van der Waals surface area contributed by atoms with E-state index in [1.165, 1.54) is 44.8 Å². The fourth-order valence-corrected chi connectivity index (χ4v) is 6.14. The molecule has 0 amide bonds. The van der Waals surface area contributed by atoms with Gasteiger partial charge in [0.2, 0.25) is 0 Å². The molecule has 0 aliphatic heterocycles. The molecule has 0 aromatic rings. The number of fused-ring (bicyclic) bond motifs is 1. The van der Waals surface area contributed by atoms with E-state index in [0.29, 0.717) is 36.0 Å². The lowest BCUT2D eigenvalue weighted by molar-refractivity contribution is -0.110. The highest BCUT2D eigenvalue weighted by molar-refractivity contribution is 5.60. The molecule has 0 aromatic carbocycles. The van der Waals surface area contributed by atoms with E-state index < -0.39 is 12.3 Å². The summed E-state index contributed by atoms with van der Waals surface area (Å²) in [5.74, 6) is 2.98. The van der Waals surface area contributed by atoms with Crippen molar-refractivity contribution in [3.05, 3.63) is 0 Å². The van der Waals surface area contributed by atoms with Crippen LogP contribution in [0.2, 0.25) is 0 Å². The van der Waals surface area contributed by atoms with Gasteiger partial charge in [-0.05, 0) is 93.3 Å². The van der Waals surface area contributed by atoms with E-state index in [4.69, 9.17) is 0 Å². The first-order valence-corrected chi connectivity index (χ1v) is 9.35. The quantitative estimate of drug-likeness (QED) is 0.664. The zero-order valence-electron chi connectivity index (χ0n) is 13.4. The van der Waals surface area contributed by atoms with Crippen molar-refractivity contribution < 1.29 is 13.6 Å². The van der Waals surface area contributed by atoms with Crippen molar-refractivity contribution in [3.63, 3.8) is 0 Å². The second-order valence-electron chi connectivity index (χ2n) is 8.75. The molecule has 1 spiro atoms. The second-order valence-corrected chi connectivity index (χ2v) is 8.75. The molecule has 0 saturated heterocycles. The first kappa shape index (κ1) is 15.1. The van der Waals surface area contributed by atoms with Gasteiger partial charge >= 0.3 is 0 Å². The molecule has 0 radical (unpaired) electrons. The Morgan fingerprint density at radius 2 is 1.45 bits per heavy atom. The molecule has 3 heteroatoms. The van der Waals surface area contributed by atoms with Crippen LogP contribution in [0, 0.1) is 35.0 Å². The van der Waals surface area contributed by atoms with Gasteiger partial charge in [0.05, 0.1) is 0 Å². The Kier molecular flexibility index (Phi) is 3.81. The highest BCUT2D eigenvalue weighted by Gasteiger charge is 2.57. The summed E-state index contributed by atoms with van der Waals surface area (Å²) < 4.78 is 27.0. The molecule has 4 fully saturated rings. The van der Waals surface area contributed by atoms with Crippen LogP contribution in [0.25, 0.3) is 0 Å². The normalized spacial score (nSPS) is 54.7. The molecule has 0 aromatic heterocycles. The van der Waals surface area contributed by atoms with E-state index in [0.717, 1.165) is 24.7 Å². The minimum atomic E-state index is -1.22. The van der Waals surface area contributed by atoms with Crippen LogP contribution in [-0.2, 0) is 4.79 Å². The molecule has 0 N–H and O–H groups in total. The van der Waals surface area contributed by atoms with Crippen LogP contribution >= 0.6 is 0 Å². The average molecular weight is 310 g/mol. The van der Waals surface area contributed by atoms with Crippen molar-refractivity contribution in [2.75, 3.05) is 0 Å². The summed E-state index contributed by atoms with van der Waals surface area (Å²) in [6.45, 7) is 0. The topological polar surface area (TPSA) is 17.1 Å². The first-order chi connectivity index (χ1) is 10.6. The third-order valence-corrected chi connectivity index (χ3v) is 7.68. The van der Waals surface area contributed by atoms with E-state index in [2.05, 4.69) is 0 Å². The minimum Gasteiger partial charge on any atom is -0.303 e. The molecular formula is C19H28F2O. The summed E-state index contributed by atoms with van der Waals surface area (Å²) in [6, 6.07) is 0. The number of carbonyl (C=O) groups excluding carboxylic acids is 1. The lowest BCUT2D eigenvalue weighted by atomic mass is 9.60. The summed E-state index contributed by atoms with van der Waals surface area (Å²) in [7, 11) is 0. The fraction of sp³-hybridized carbons (Fsp3) is 0.947. The zero-order valence-corrected chi connectivity index (χ0v) is 13.4. The predicted molar refractivity (Wildman–Crippen MR) is 81.9 cm³/mol. The Morgan fingerprint density at radius 3 is 2.18 bits per heavy atom. The van der Waals surface area contributed by atoms with Crippen molar-refractivity contribution in [3.8, 4) is 0 Å². The summed E-state index contributed by atoms with van der Waals surface area (Å²) in [4.78, 5) is 11.1. The maximum atomic E-state index is 13.7. The molecule has 8 atom stereocenters. The van der Waals surface area contributed by atoms with E-state index in [9.17, 15) is 13.6 Å². The van der Waals surface area contributed by atoms with Crippen LogP contribution < -0.4 is 0 Å². The fourth-order valence-electron chi connectivity index (χ4n) is 6.14. The van der Waals surface area contributed by atoms with Crippen molar-refractivity contribution in [2.24, 2.45) is 35.0 Å². The van der Waals surface area contributed by atoms with E-state index in [1.807, 2.05) is 0 Å². The zero-order chi connectivity index (χ0) is 15.3. The smallest absolute Gasteiger partial charge is 0.131 e. The molecule has 4 aliphatic carbocycles. The van der Waals surface area contributed by atoms with Crippen LogP contribution in [0.1, 0.15) is 64.2 Å². The number of alkyl halides is 2. The van der Waals surface area contributed by atoms with Crippen molar-refractivity contribution in [1.82, 2.24) is 0 Å². The number of aldehydes is 1. The summed E-state index contributed by atoms with van der Waals surface area (Å²) >= 11 is 0. The third-order valence-electron chi connectivity index (χ3n) is 7.68. The van der Waals surface area contributed by atoms with Gasteiger partial charge in [0, 0.05) is 5.92 Å². The maximum absolute atomic E-state index is 13.7. The molecule has 22 heavy (non-hydrogen) atoms. The molecular weight excluding hydrogens is 282 g/mol. The van der Waals surface area contributed by atoms with Gasteiger partial charge in [-0.2, -0.15) is 0 Å². The Labute approximate surface area is 132 Å². The van der Waals surface area contributed by atoms with Gasteiger partial charge in [-0.15, -0.1) is 0 Å². The molecule has 4 aliphatic rings. The van der Waals surface area contributed by atoms with E-state index in [-0.39, 0.29) is 0 Å². The average Bonchev–Trinajstić information content (AvgIpc) is 3.22. The molecule has 1 nitrogen and oxygen atoms in total. The molecule has 0 bridgehead atoms. The Balaban J connectivity index is 1.35. The van der Waals surface area contributed by atoms with E-state index >= 15 is 0 Å². The SMILES string of the molecule is O=CC1CC12CCC1CC(C3CCC(F)C(F)C3)CCC1C2. The van der Waals surface area contributed by atoms with Crippen molar-refractivity contribution in [2.45, 2.75) is 76.6 Å². The van der Waals surface area contributed by atoms with Gasteiger partial charge in [0.15, 0.2) is 0 Å². The van der Waals surface area contributed by atoms with Gasteiger partial charge in [0.1, 0.15) is 18.6 Å². The Morgan fingerprint density at radius 1 is 0.773 bits per heavy atom. The van der Waals surface area contributed by atoms with Gasteiger partial charge < -0.3 is 4.79 Å². The predicted octanol–water partition coefficient (Wildman–Crippen LogP) is 4.88. The van der Waals surface area contributed by atoms with Gasteiger partial charge in [-0.1, -0.05) is 0 Å². The molecule has 8 unspecified atom stereocenters. The van der Waals surface area contributed by atoms with Crippen molar-refractivity contribution in [1.29, 1.82) is 0 Å². The largest absolute Gasteiger partial charge is 0.303 e. The molecule has 124 valence electrons. The lowest BCUT2D eigenvalue weighted by Gasteiger charge is -2.45. The third kappa shape index (κ3) is 2.53. The summed E-state index contributed by atoms with van der Waals surface area (Å²) in [5, 5.41) is 0. The molecule has 4 rings (SSSR count). The van der Waals surface area contributed by atoms with Crippen molar-refractivity contribution >= 4 is 6.29 Å². The number of hydrogen-bond acceptors (Lipinski definition) is 1. The lowest BCUT2D eigenvalue weighted by Crippen LogP contribution is -2.37. The Hall–Kier alpha value is -0.470. The monoisotopic (exact) mass is 310 g/mol. The molecule has 4 saturated carbocycles. The minimum absolute atomic E-state index is 0.346. The van der Waals surface area contributed by atoms with Gasteiger partial charge in [0.25, 0.3) is 0 Å². The summed E-state index contributed by atoms with van der Waals surface area (Å²) in [6.07, 6.45) is 9.13. The van der Waals surface area contributed by atoms with Crippen LogP contribution in [0.4, 0.5) is 8.78 Å². The number of hydrogen-bond donors (Lipinski definition) is 0. The van der Waals surface area contributed by atoms with E-state index in [1.54, 1.807) is 0 Å². The number of carbonyl (C=O) groups is 1. The highest BCUT2D eigenvalue weighted by Crippen LogP contribution is 2.64. The second kappa shape index (κ2) is 5.56. The maximum Gasteiger partial charge on any atom is 0.131 e. The molecule has 0 heterocycles. The van der Waals surface area contributed by atoms with Gasteiger partial charge in [-0.3, -0.25) is 0 Å². The summed E-state index contributed by atoms with van der Waals surface area (Å²) in [5.41, 5.74) is 0.381. The van der Waals surface area contributed by atoms with Crippen LogP contribution in [-0.4, -0.2) is 18.6 Å². The van der Waals surface area contributed by atoms with Crippen LogP contribution in [0.15, 0.2) is 0 Å². The van der Waals surface area contributed by atoms with Gasteiger partial charge in [-0.25, -0.2) is 8.78 Å².